The van der Waals surface area contributed by atoms with E-state index in [0.29, 0.717) is 24.1 Å². The smallest absolute Gasteiger partial charge is 0.347 e. The molecule has 0 atom stereocenters. The number of esters is 1. The molecule has 1 aromatic heterocycles. The normalized spacial score (nSPS) is 11.5. The Kier molecular flexibility index (Phi) is 5.50. The number of imidazole rings is 1. The lowest BCUT2D eigenvalue weighted by molar-refractivity contribution is -0.162. The summed E-state index contributed by atoms with van der Waals surface area (Å²) in [6.07, 6.45) is 0.438. The lowest BCUT2D eigenvalue weighted by atomic mass is 9.86. The third kappa shape index (κ3) is 3.65. The highest BCUT2D eigenvalue weighted by Gasteiger charge is 2.41. The van der Waals surface area contributed by atoms with Crippen LogP contribution in [0.4, 0.5) is 0 Å². The molecule has 1 heterocycles. The first-order chi connectivity index (χ1) is 14.6. The number of ether oxygens (including phenoxy) is 1. The van der Waals surface area contributed by atoms with Crippen molar-refractivity contribution in [2.75, 3.05) is 6.61 Å². The predicted molar refractivity (Wildman–Crippen MR) is 114 cm³/mol. The molecule has 0 saturated heterocycles. The molecule has 6 nitrogen and oxygen atoms in total. The van der Waals surface area contributed by atoms with Gasteiger partial charge in [0.2, 0.25) is 5.60 Å². The molecule has 0 aliphatic heterocycles. The molecule has 30 heavy (non-hydrogen) atoms. The molecule has 0 aliphatic rings. The molecule has 4 rings (SSSR count). The molecule has 3 aromatic carbocycles. The summed E-state index contributed by atoms with van der Waals surface area (Å²) in [5, 5.41) is 11.4. The number of aryl methyl sites for hydroxylation is 1. The molecule has 152 valence electrons. The van der Waals surface area contributed by atoms with E-state index in [0.717, 1.165) is 11.0 Å². The monoisotopic (exact) mass is 402 g/mol. The third-order valence-electron chi connectivity index (χ3n) is 5.12. The summed E-state index contributed by atoms with van der Waals surface area (Å²) < 4.78 is 7.07. The average molecular weight is 402 g/mol. The molecule has 0 fully saturated rings. The number of aromatic amines is 1. The number of rotatable bonds is 7. The van der Waals surface area contributed by atoms with E-state index in [4.69, 9.17) is 4.74 Å². The van der Waals surface area contributed by atoms with Crippen LogP contribution in [0, 0.1) is 0 Å². The van der Waals surface area contributed by atoms with E-state index in [1.54, 1.807) is 53.1 Å². The van der Waals surface area contributed by atoms with E-state index in [9.17, 15) is 14.7 Å². The predicted octanol–water partition coefficient (Wildman–Crippen LogP) is 3.20. The van der Waals surface area contributed by atoms with Crippen molar-refractivity contribution in [3.05, 3.63) is 107 Å². The van der Waals surface area contributed by atoms with Crippen LogP contribution in [0.2, 0.25) is 0 Å². The van der Waals surface area contributed by atoms with Crippen LogP contribution in [0.5, 0.6) is 0 Å². The molecule has 0 saturated carbocycles. The third-order valence-corrected chi connectivity index (χ3v) is 5.12. The van der Waals surface area contributed by atoms with Crippen molar-refractivity contribution in [3.63, 3.8) is 0 Å². The number of aromatic nitrogens is 2. The fourth-order valence-corrected chi connectivity index (χ4v) is 3.58. The lowest BCUT2D eigenvalue weighted by Gasteiger charge is -2.27. The summed E-state index contributed by atoms with van der Waals surface area (Å²) in [6.45, 7) is 0.470. The Hall–Kier alpha value is -3.64. The standard InChI is InChI=1S/C24H22N2O4/c27-22(24(29,18-10-3-1-4-11-18)19-12-5-2-6-13-19)30-17-9-16-26-21-15-8-7-14-20(21)25-23(26)28/h1-8,10-15,29H,9,16-17H2,(H,25,28). The molecule has 6 heteroatoms. The van der Waals surface area contributed by atoms with Crippen LogP contribution in [0.1, 0.15) is 17.5 Å². The number of carbonyl (C=O) groups excluding carboxylic acids is 1. The number of hydrogen-bond donors (Lipinski definition) is 2. The summed E-state index contributed by atoms with van der Waals surface area (Å²) in [6, 6.07) is 24.9. The molecular weight excluding hydrogens is 380 g/mol. The lowest BCUT2D eigenvalue weighted by Crippen LogP contribution is -2.38. The van der Waals surface area contributed by atoms with Crippen LogP contribution in [-0.2, 0) is 21.7 Å². The van der Waals surface area contributed by atoms with Gasteiger partial charge < -0.3 is 14.8 Å². The number of aliphatic hydroxyl groups is 1. The fraction of sp³-hybridized carbons (Fsp3) is 0.167. The van der Waals surface area contributed by atoms with E-state index in [-0.39, 0.29) is 12.3 Å². The first kappa shape index (κ1) is 19.7. The highest BCUT2D eigenvalue weighted by atomic mass is 16.5. The summed E-state index contributed by atoms with van der Waals surface area (Å²) >= 11 is 0. The van der Waals surface area contributed by atoms with Crippen molar-refractivity contribution in [1.29, 1.82) is 0 Å². The zero-order valence-electron chi connectivity index (χ0n) is 16.3. The van der Waals surface area contributed by atoms with Gasteiger partial charge in [-0.05, 0) is 29.7 Å². The number of para-hydroxylation sites is 2. The van der Waals surface area contributed by atoms with Crippen molar-refractivity contribution in [3.8, 4) is 0 Å². The van der Waals surface area contributed by atoms with Gasteiger partial charge in [0.05, 0.1) is 17.6 Å². The maximum Gasteiger partial charge on any atom is 0.347 e. The molecule has 0 unspecified atom stereocenters. The van der Waals surface area contributed by atoms with Gasteiger partial charge in [-0.15, -0.1) is 0 Å². The molecule has 0 spiro atoms. The number of H-pyrrole nitrogens is 1. The summed E-state index contributed by atoms with van der Waals surface area (Å²) in [4.78, 5) is 27.9. The van der Waals surface area contributed by atoms with Gasteiger partial charge in [0.1, 0.15) is 0 Å². The zero-order chi connectivity index (χ0) is 21.0. The van der Waals surface area contributed by atoms with E-state index in [1.807, 2.05) is 36.4 Å². The van der Waals surface area contributed by atoms with Crippen LogP contribution >= 0.6 is 0 Å². The van der Waals surface area contributed by atoms with Crippen LogP contribution in [0.25, 0.3) is 11.0 Å². The highest BCUT2D eigenvalue weighted by Crippen LogP contribution is 2.31. The van der Waals surface area contributed by atoms with Crippen molar-refractivity contribution in [1.82, 2.24) is 9.55 Å². The topological polar surface area (TPSA) is 84.3 Å². The van der Waals surface area contributed by atoms with E-state index in [1.165, 1.54) is 0 Å². The summed E-state index contributed by atoms with van der Waals surface area (Å²) in [5.74, 6) is -0.744. The fourth-order valence-electron chi connectivity index (χ4n) is 3.58. The number of nitrogens with one attached hydrogen (secondary N) is 1. The maximum absolute atomic E-state index is 13.0. The van der Waals surface area contributed by atoms with Crippen molar-refractivity contribution in [2.24, 2.45) is 0 Å². The Morgan fingerprint density at radius 3 is 2.10 bits per heavy atom. The quantitative estimate of drug-likeness (QED) is 0.367. The van der Waals surface area contributed by atoms with Crippen LogP contribution in [0.3, 0.4) is 0 Å². The van der Waals surface area contributed by atoms with Gasteiger partial charge >= 0.3 is 11.7 Å². The zero-order valence-corrected chi connectivity index (χ0v) is 16.3. The number of benzene rings is 3. The second kappa shape index (κ2) is 8.39. The molecular formula is C24H22N2O4. The van der Waals surface area contributed by atoms with Crippen molar-refractivity contribution in [2.45, 2.75) is 18.6 Å². The van der Waals surface area contributed by atoms with Gasteiger partial charge in [-0.25, -0.2) is 9.59 Å². The Morgan fingerprint density at radius 2 is 1.47 bits per heavy atom. The van der Waals surface area contributed by atoms with Gasteiger partial charge in [0.15, 0.2) is 0 Å². The van der Waals surface area contributed by atoms with Crippen molar-refractivity contribution < 1.29 is 14.6 Å². The summed E-state index contributed by atoms with van der Waals surface area (Å²) in [7, 11) is 0. The first-order valence-corrected chi connectivity index (χ1v) is 9.79. The Morgan fingerprint density at radius 1 is 0.900 bits per heavy atom. The Balaban J connectivity index is 1.48. The minimum Gasteiger partial charge on any atom is -0.463 e. The van der Waals surface area contributed by atoms with Gasteiger partial charge in [-0.2, -0.15) is 0 Å². The number of hydrogen-bond acceptors (Lipinski definition) is 4. The Bertz CT molecular complexity index is 1160. The second-order valence-corrected chi connectivity index (χ2v) is 7.03. The van der Waals surface area contributed by atoms with E-state index >= 15 is 0 Å². The minimum atomic E-state index is -1.90. The molecule has 0 amide bonds. The van der Waals surface area contributed by atoms with Gasteiger partial charge in [0.25, 0.3) is 0 Å². The number of nitrogens with zero attached hydrogens (tertiary/aromatic N) is 1. The molecule has 2 N–H and O–H groups in total. The van der Waals surface area contributed by atoms with E-state index < -0.39 is 11.6 Å². The van der Waals surface area contributed by atoms with Gasteiger partial charge in [0, 0.05) is 6.54 Å². The largest absolute Gasteiger partial charge is 0.463 e. The van der Waals surface area contributed by atoms with Crippen LogP contribution in [-0.4, -0.2) is 27.2 Å². The van der Waals surface area contributed by atoms with Gasteiger partial charge in [-0.3, -0.25) is 4.57 Å². The Labute approximate surface area is 173 Å². The van der Waals surface area contributed by atoms with E-state index in [2.05, 4.69) is 4.98 Å². The molecule has 0 radical (unpaired) electrons. The SMILES string of the molecule is O=C(OCCCn1c(=O)[nH]c2ccccc21)C(O)(c1ccccc1)c1ccccc1. The van der Waals surface area contributed by atoms with Crippen LogP contribution in [0.15, 0.2) is 89.7 Å². The van der Waals surface area contributed by atoms with Crippen LogP contribution < -0.4 is 5.69 Å². The second-order valence-electron chi connectivity index (χ2n) is 7.03. The molecule has 0 aliphatic carbocycles. The van der Waals surface area contributed by atoms with Gasteiger partial charge in [-0.1, -0.05) is 72.8 Å². The number of fused-ring (bicyclic) bond motifs is 1. The maximum atomic E-state index is 13.0. The minimum absolute atomic E-state index is 0.0761. The summed E-state index contributed by atoms with van der Waals surface area (Å²) in [5.41, 5.74) is 0.344. The average Bonchev–Trinajstić information content (AvgIpc) is 3.12. The number of carbonyl (C=O) groups is 1. The molecule has 4 aromatic rings. The molecule has 0 bridgehead atoms. The van der Waals surface area contributed by atoms with Crippen molar-refractivity contribution >= 4 is 17.0 Å². The highest BCUT2D eigenvalue weighted by molar-refractivity contribution is 5.85. The first-order valence-electron chi connectivity index (χ1n) is 9.79.